The van der Waals surface area contributed by atoms with E-state index >= 15 is 0 Å². The predicted octanol–water partition coefficient (Wildman–Crippen LogP) is 2.86. The third-order valence-corrected chi connectivity index (χ3v) is 4.29. The van der Waals surface area contributed by atoms with Gasteiger partial charge in [0.05, 0.1) is 12.5 Å². The summed E-state index contributed by atoms with van der Waals surface area (Å²) in [5.74, 6) is -0.145. The van der Waals surface area contributed by atoms with Gasteiger partial charge in [-0.2, -0.15) is 0 Å². The molecule has 28 heavy (non-hydrogen) atoms. The smallest absolute Gasteiger partial charge is 0.224 e. The van der Waals surface area contributed by atoms with Gasteiger partial charge in [0.25, 0.3) is 0 Å². The summed E-state index contributed by atoms with van der Waals surface area (Å²) >= 11 is 0. The van der Waals surface area contributed by atoms with Gasteiger partial charge < -0.3 is 16.0 Å². The highest BCUT2D eigenvalue weighted by atomic mass is 19.1. The molecular weight excluding hydrogens is 362 g/mol. The van der Waals surface area contributed by atoms with E-state index in [-0.39, 0.29) is 30.0 Å². The summed E-state index contributed by atoms with van der Waals surface area (Å²) in [6.07, 6.45) is 0.198. The van der Waals surface area contributed by atoms with Gasteiger partial charge in [0, 0.05) is 20.1 Å². The minimum Gasteiger partial charge on any atom is -0.355 e. The second-order valence-electron chi connectivity index (χ2n) is 6.53. The molecule has 0 heterocycles. The van der Waals surface area contributed by atoms with E-state index in [4.69, 9.17) is 0 Å². The Bertz CT molecular complexity index is 822. The number of rotatable bonds is 7. The summed E-state index contributed by atoms with van der Waals surface area (Å²) in [5.41, 5.74) is 2.18. The molecule has 0 fully saturated rings. The van der Waals surface area contributed by atoms with Crippen molar-refractivity contribution in [3.05, 3.63) is 70.8 Å². The van der Waals surface area contributed by atoms with Crippen molar-refractivity contribution < 1.29 is 13.6 Å². The number of hydrogen-bond donors (Lipinski definition) is 3. The molecular formula is C21H26F2N4O. The van der Waals surface area contributed by atoms with Crippen molar-refractivity contribution in [2.45, 2.75) is 26.3 Å². The summed E-state index contributed by atoms with van der Waals surface area (Å²) in [4.78, 5) is 16.1. The van der Waals surface area contributed by atoms with E-state index in [0.717, 1.165) is 11.1 Å². The van der Waals surface area contributed by atoms with Crippen LogP contribution in [-0.4, -0.2) is 32.0 Å². The van der Waals surface area contributed by atoms with Gasteiger partial charge in [0.15, 0.2) is 5.96 Å². The van der Waals surface area contributed by atoms with Crippen molar-refractivity contribution in [3.63, 3.8) is 0 Å². The summed E-state index contributed by atoms with van der Waals surface area (Å²) < 4.78 is 26.6. The summed E-state index contributed by atoms with van der Waals surface area (Å²) in [7, 11) is 1.64. The maximum absolute atomic E-state index is 13.7. The van der Waals surface area contributed by atoms with E-state index in [1.807, 2.05) is 13.0 Å². The standard InChI is InChI=1S/C21H26F2N4O/c1-14-4-7-17(13-19(14)23)15(2)27-21(24-3)26-11-10-25-20(28)12-16-5-8-18(22)9-6-16/h4-9,13,15H,10-12H2,1-3H3,(H,25,28)(H2,24,26,27). The number of halogens is 2. The van der Waals surface area contributed by atoms with Crippen LogP contribution in [0.3, 0.4) is 0 Å². The molecule has 5 nitrogen and oxygen atoms in total. The van der Waals surface area contributed by atoms with E-state index in [0.29, 0.717) is 24.6 Å². The van der Waals surface area contributed by atoms with Gasteiger partial charge >= 0.3 is 0 Å². The Labute approximate surface area is 164 Å². The molecule has 0 aromatic heterocycles. The van der Waals surface area contributed by atoms with Crippen LogP contribution in [0, 0.1) is 18.6 Å². The Morgan fingerprint density at radius 1 is 1.07 bits per heavy atom. The van der Waals surface area contributed by atoms with Crippen LogP contribution in [0.5, 0.6) is 0 Å². The van der Waals surface area contributed by atoms with Crippen LogP contribution >= 0.6 is 0 Å². The minimum absolute atomic E-state index is 0.130. The number of nitrogens with zero attached hydrogens (tertiary/aromatic N) is 1. The lowest BCUT2D eigenvalue weighted by Gasteiger charge is -2.19. The molecule has 1 unspecified atom stereocenters. The van der Waals surface area contributed by atoms with Gasteiger partial charge in [0.2, 0.25) is 5.91 Å². The van der Waals surface area contributed by atoms with Crippen molar-refractivity contribution in [1.29, 1.82) is 0 Å². The Morgan fingerprint density at radius 3 is 2.39 bits per heavy atom. The zero-order valence-corrected chi connectivity index (χ0v) is 16.4. The largest absolute Gasteiger partial charge is 0.355 e. The van der Waals surface area contributed by atoms with Gasteiger partial charge in [-0.1, -0.05) is 24.3 Å². The molecule has 1 amide bonds. The Morgan fingerprint density at radius 2 is 1.75 bits per heavy atom. The first-order valence-electron chi connectivity index (χ1n) is 9.13. The van der Waals surface area contributed by atoms with Crippen molar-refractivity contribution in [1.82, 2.24) is 16.0 Å². The lowest BCUT2D eigenvalue weighted by Crippen LogP contribution is -2.42. The lowest BCUT2D eigenvalue weighted by molar-refractivity contribution is -0.120. The highest BCUT2D eigenvalue weighted by Gasteiger charge is 2.10. The molecule has 0 bridgehead atoms. The number of aliphatic imine (C=N–C) groups is 1. The first-order chi connectivity index (χ1) is 13.4. The summed E-state index contributed by atoms with van der Waals surface area (Å²) in [6, 6.07) is 10.9. The van der Waals surface area contributed by atoms with Gasteiger partial charge in [0.1, 0.15) is 11.6 Å². The molecule has 2 aromatic carbocycles. The van der Waals surface area contributed by atoms with Crippen LogP contribution in [0.15, 0.2) is 47.5 Å². The molecule has 2 aromatic rings. The van der Waals surface area contributed by atoms with Crippen LogP contribution in [0.2, 0.25) is 0 Å². The van der Waals surface area contributed by atoms with Crippen molar-refractivity contribution in [3.8, 4) is 0 Å². The average molecular weight is 388 g/mol. The number of amides is 1. The maximum atomic E-state index is 13.7. The first-order valence-corrected chi connectivity index (χ1v) is 9.13. The molecule has 0 saturated heterocycles. The van der Waals surface area contributed by atoms with Crippen molar-refractivity contribution >= 4 is 11.9 Å². The van der Waals surface area contributed by atoms with Crippen molar-refractivity contribution in [2.75, 3.05) is 20.1 Å². The molecule has 0 spiro atoms. The predicted molar refractivity (Wildman–Crippen MR) is 107 cm³/mol. The highest BCUT2D eigenvalue weighted by molar-refractivity contribution is 5.80. The number of carbonyl (C=O) groups excluding carboxylic acids is 1. The topological polar surface area (TPSA) is 65.5 Å². The number of aryl methyl sites for hydroxylation is 1. The molecule has 0 radical (unpaired) electrons. The molecule has 0 saturated carbocycles. The zero-order chi connectivity index (χ0) is 20.5. The van der Waals surface area contributed by atoms with Crippen LogP contribution in [0.4, 0.5) is 8.78 Å². The second-order valence-corrected chi connectivity index (χ2v) is 6.53. The SMILES string of the molecule is CN=C(NCCNC(=O)Cc1ccc(F)cc1)NC(C)c1ccc(C)c(F)c1. The normalized spacial score (nSPS) is 12.4. The molecule has 0 aliphatic heterocycles. The number of benzene rings is 2. The third-order valence-electron chi connectivity index (χ3n) is 4.29. The molecule has 0 aliphatic carbocycles. The van der Waals surface area contributed by atoms with E-state index in [9.17, 15) is 13.6 Å². The number of guanidine groups is 1. The average Bonchev–Trinajstić information content (AvgIpc) is 2.68. The second kappa shape index (κ2) is 10.4. The Kier molecular flexibility index (Phi) is 7.92. The molecule has 1 atom stereocenters. The minimum atomic E-state index is -0.324. The molecule has 150 valence electrons. The van der Waals surface area contributed by atoms with Crippen LogP contribution in [0.25, 0.3) is 0 Å². The third kappa shape index (κ3) is 6.64. The number of carbonyl (C=O) groups is 1. The van der Waals surface area contributed by atoms with E-state index in [1.165, 1.54) is 18.2 Å². The van der Waals surface area contributed by atoms with E-state index < -0.39 is 0 Å². The van der Waals surface area contributed by atoms with Gasteiger partial charge in [-0.15, -0.1) is 0 Å². The lowest BCUT2D eigenvalue weighted by atomic mass is 10.1. The highest BCUT2D eigenvalue weighted by Crippen LogP contribution is 2.16. The fraction of sp³-hybridized carbons (Fsp3) is 0.333. The molecule has 0 aliphatic rings. The number of nitrogens with one attached hydrogen (secondary N) is 3. The molecule has 2 rings (SSSR count). The van der Waals surface area contributed by atoms with Crippen LogP contribution in [0.1, 0.15) is 29.7 Å². The Hall–Kier alpha value is -2.96. The molecule has 7 heteroatoms. The monoisotopic (exact) mass is 388 g/mol. The van der Waals surface area contributed by atoms with Gasteiger partial charge in [-0.25, -0.2) is 8.78 Å². The summed E-state index contributed by atoms with van der Waals surface area (Å²) in [6.45, 7) is 4.53. The van der Waals surface area contributed by atoms with E-state index in [1.54, 1.807) is 32.2 Å². The summed E-state index contributed by atoms with van der Waals surface area (Å²) in [5, 5.41) is 9.09. The van der Waals surface area contributed by atoms with Crippen LogP contribution < -0.4 is 16.0 Å². The Balaban J connectivity index is 1.73. The zero-order valence-electron chi connectivity index (χ0n) is 16.4. The van der Waals surface area contributed by atoms with Crippen LogP contribution in [-0.2, 0) is 11.2 Å². The number of hydrogen-bond acceptors (Lipinski definition) is 2. The quantitative estimate of drug-likeness (QED) is 0.388. The van der Waals surface area contributed by atoms with E-state index in [2.05, 4.69) is 20.9 Å². The van der Waals surface area contributed by atoms with Crippen molar-refractivity contribution in [2.24, 2.45) is 4.99 Å². The fourth-order valence-electron chi connectivity index (χ4n) is 2.59. The van der Waals surface area contributed by atoms with Gasteiger partial charge in [-0.05, 0) is 48.7 Å². The molecule has 3 N–H and O–H groups in total. The van der Waals surface area contributed by atoms with Gasteiger partial charge in [-0.3, -0.25) is 9.79 Å². The fourth-order valence-corrected chi connectivity index (χ4v) is 2.59. The maximum Gasteiger partial charge on any atom is 0.224 e. The first kappa shape index (κ1) is 21.3.